The monoisotopic (exact) mass is 153 g/mol. The second-order valence-corrected chi connectivity index (χ2v) is 3.51. The summed E-state index contributed by atoms with van der Waals surface area (Å²) >= 11 is 0. The van der Waals surface area contributed by atoms with E-state index in [2.05, 4.69) is 22.5 Å². The maximum Gasteiger partial charge on any atom is 0.0827 e. The number of hydrogen-bond acceptors (Lipinski definition) is 3. The van der Waals surface area contributed by atoms with Crippen molar-refractivity contribution in [1.29, 1.82) is 0 Å². The molecule has 0 aromatic carbocycles. The van der Waals surface area contributed by atoms with Crippen LogP contribution in [-0.4, -0.2) is 31.5 Å². The van der Waals surface area contributed by atoms with E-state index in [-0.39, 0.29) is 0 Å². The van der Waals surface area contributed by atoms with Crippen molar-refractivity contribution in [3.8, 4) is 0 Å². The van der Waals surface area contributed by atoms with Gasteiger partial charge in [-0.25, -0.2) is 0 Å². The highest BCUT2D eigenvalue weighted by Crippen LogP contribution is 2.17. The van der Waals surface area contributed by atoms with Gasteiger partial charge in [-0.15, -0.1) is 0 Å². The highest BCUT2D eigenvalue weighted by molar-refractivity contribution is 5.56. The molecular formula is C8H15N3. The molecule has 2 heterocycles. The summed E-state index contributed by atoms with van der Waals surface area (Å²) < 4.78 is 0. The van der Waals surface area contributed by atoms with E-state index in [9.17, 15) is 0 Å². The number of piperidine rings is 1. The van der Waals surface area contributed by atoms with Crippen LogP contribution in [0.15, 0.2) is 4.99 Å². The molecule has 2 N–H and O–H groups in total. The first-order valence-electron chi connectivity index (χ1n) is 4.35. The van der Waals surface area contributed by atoms with Crippen LogP contribution in [0, 0.1) is 5.92 Å². The van der Waals surface area contributed by atoms with Gasteiger partial charge in [0.1, 0.15) is 0 Å². The summed E-state index contributed by atoms with van der Waals surface area (Å²) in [4.78, 5) is 4.20. The van der Waals surface area contributed by atoms with Crippen molar-refractivity contribution >= 4 is 6.34 Å². The molecule has 3 atom stereocenters. The first-order chi connectivity index (χ1) is 5.38. The molecule has 0 aromatic rings. The van der Waals surface area contributed by atoms with Crippen LogP contribution in [0.3, 0.4) is 0 Å². The van der Waals surface area contributed by atoms with Gasteiger partial charge in [0.15, 0.2) is 0 Å². The molecule has 3 nitrogen and oxygen atoms in total. The van der Waals surface area contributed by atoms with E-state index in [1.165, 1.54) is 6.42 Å². The molecule has 0 saturated carbocycles. The molecule has 3 unspecified atom stereocenters. The number of nitrogens with one attached hydrogen (secondary N) is 2. The van der Waals surface area contributed by atoms with Gasteiger partial charge in [-0.05, 0) is 18.9 Å². The topological polar surface area (TPSA) is 36.4 Å². The van der Waals surface area contributed by atoms with Gasteiger partial charge >= 0.3 is 0 Å². The molecule has 1 saturated heterocycles. The van der Waals surface area contributed by atoms with Gasteiger partial charge in [-0.1, -0.05) is 6.92 Å². The normalized spacial score (nSPS) is 42.8. The van der Waals surface area contributed by atoms with Gasteiger partial charge in [-0.2, -0.15) is 0 Å². The summed E-state index contributed by atoms with van der Waals surface area (Å²) in [7, 11) is 0. The summed E-state index contributed by atoms with van der Waals surface area (Å²) in [5.41, 5.74) is 0. The van der Waals surface area contributed by atoms with Crippen LogP contribution in [0.1, 0.15) is 13.3 Å². The van der Waals surface area contributed by atoms with Gasteiger partial charge in [0.2, 0.25) is 0 Å². The highest BCUT2D eigenvalue weighted by atomic mass is 15.1. The predicted octanol–water partition coefficient (Wildman–Crippen LogP) is -0.0155. The molecule has 0 radical (unpaired) electrons. The summed E-state index contributed by atoms with van der Waals surface area (Å²) in [5.74, 6) is 0.785. The van der Waals surface area contributed by atoms with Crippen LogP contribution in [0.4, 0.5) is 0 Å². The zero-order valence-corrected chi connectivity index (χ0v) is 6.88. The van der Waals surface area contributed by atoms with Crippen LogP contribution in [0.5, 0.6) is 0 Å². The van der Waals surface area contributed by atoms with Crippen molar-refractivity contribution in [3.05, 3.63) is 0 Å². The zero-order valence-electron chi connectivity index (χ0n) is 6.88. The quantitative estimate of drug-likeness (QED) is 0.513. The van der Waals surface area contributed by atoms with Crippen molar-refractivity contribution < 1.29 is 0 Å². The largest absolute Gasteiger partial charge is 0.372 e. The first kappa shape index (κ1) is 7.10. The highest BCUT2D eigenvalue weighted by Gasteiger charge is 2.30. The third kappa shape index (κ3) is 1.25. The van der Waals surface area contributed by atoms with E-state index < -0.39 is 0 Å². The molecule has 2 aliphatic rings. The number of hydrogen-bond donors (Lipinski definition) is 2. The van der Waals surface area contributed by atoms with Gasteiger partial charge < -0.3 is 10.6 Å². The molecular weight excluding hydrogens is 138 g/mol. The van der Waals surface area contributed by atoms with E-state index >= 15 is 0 Å². The van der Waals surface area contributed by atoms with Gasteiger partial charge in [0, 0.05) is 12.1 Å². The Morgan fingerprint density at radius 1 is 1.55 bits per heavy atom. The second-order valence-electron chi connectivity index (χ2n) is 3.51. The summed E-state index contributed by atoms with van der Waals surface area (Å²) in [6.45, 7) is 4.41. The standard InChI is InChI=1S/C8H15N3/c1-6-2-3-10-7-4-9-5-11-8(6)7/h5-8,10H,2-4H2,1H3,(H,9,11). The van der Waals surface area contributed by atoms with Crippen LogP contribution in [-0.2, 0) is 0 Å². The van der Waals surface area contributed by atoms with E-state index in [1.54, 1.807) is 0 Å². The third-order valence-corrected chi connectivity index (χ3v) is 2.71. The molecule has 2 aliphatic heterocycles. The predicted molar refractivity (Wildman–Crippen MR) is 45.9 cm³/mol. The SMILES string of the molecule is CC1CCNC2CN=CNC12. The molecule has 0 aliphatic carbocycles. The number of rotatable bonds is 0. The van der Waals surface area contributed by atoms with E-state index in [0.717, 1.165) is 19.0 Å². The Labute approximate surface area is 67.3 Å². The van der Waals surface area contributed by atoms with Gasteiger partial charge in [0.05, 0.1) is 12.9 Å². The average Bonchev–Trinajstić information content (AvgIpc) is 2.06. The molecule has 11 heavy (non-hydrogen) atoms. The lowest BCUT2D eigenvalue weighted by molar-refractivity contribution is 0.251. The fourth-order valence-electron chi connectivity index (χ4n) is 1.96. The Morgan fingerprint density at radius 2 is 2.45 bits per heavy atom. The van der Waals surface area contributed by atoms with Crippen LogP contribution >= 0.6 is 0 Å². The van der Waals surface area contributed by atoms with Gasteiger partial charge in [-0.3, -0.25) is 4.99 Å². The second kappa shape index (κ2) is 2.81. The molecule has 1 fully saturated rings. The molecule has 0 aromatic heterocycles. The maximum atomic E-state index is 4.20. The first-order valence-corrected chi connectivity index (χ1v) is 4.35. The number of fused-ring (bicyclic) bond motifs is 1. The minimum absolute atomic E-state index is 0.573. The maximum absolute atomic E-state index is 4.20. The third-order valence-electron chi connectivity index (χ3n) is 2.71. The van der Waals surface area contributed by atoms with E-state index in [4.69, 9.17) is 0 Å². The van der Waals surface area contributed by atoms with Crippen molar-refractivity contribution in [3.63, 3.8) is 0 Å². The van der Waals surface area contributed by atoms with Crippen LogP contribution in [0.25, 0.3) is 0 Å². The molecule has 62 valence electrons. The summed E-state index contributed by atoms with van der Waals surface area (Å²) in [6, 6.07) is 1.19. The van der Waals surface area contributed by atoms with E-state index in [0.29, 0.717) is 12.1 Å². The zero-order chi connectivity index (χ0) is 7.68. The summed E-state index contributed by atoms with van der Waals surface area (Å²) in [6.07, 6.45) is 3.13. The van der Waals surface area contributed by atoms with Crippen molar-refractivity contribution in [2.75, 3.05) is 13.1 Å². The lowest BCUT2D eigenvalue weighted by atomic mass is 9.88. The van der Waals surface area contributed by atoms with Crippen LogP contribution < -0.4 is 10.6 Å². The lowest BCUT2D eigenvalue weighted by Crippen LogP contribution is -2.58. The fourth-order valence-corrected chi connectivity index (χ4v) is 1.96. The minimum atomic E-state index is 0.573. The lowest BCUT2D eigenvalue weighted by Gasteiger charge is -2.38. The van der Waals surface area contributed by atoms with Crippen molar-refractivity contribution in [2.24, 2.45) is 10.9 Å². The Morgan fingerprint density at radius 3 is 3.27 bits per heavy atom. The van der Waals surface area contributed by atoms with Gasteiger partial charge in [0.25, 0.3) is 0 Å². The summed E-state index contributed by atoms with van der Waals surface area (Å²) in [5, 5.41) is 6.79. The molecule has 2 rings (SSSR count). The van der Waals surface area contributed by atoms with Crippen molar-refractivity contribution in [1.82, 2.24) is 10.6 Å². The number of aliphatic imine (C=N–C) groups is 1. The molecule has 3 heteroatoms. The van der Waals surface area contributed by atoms with Crippen molar-refractivity contribution in [2.45, 2.75) is 25.4 Å². The molecule has 0 spiro atoms. The minimum Gasteiger partial charge on any atom is -0.372 e. The fraction of sp³-hybridized carbons (Fsp3) is 0.875. The average molecular weight is 153 g/mol. The Balaban J connectivity index is 2.07. The Kier molecular flexibility index (Phi) is 1.82. The smallest absolute Gasteiger partial charge is 0.0827 e. The van der Waals surface area contributed by atoms with E-state index in [1.807, 2.05) is 6.34 Å². The Hall–Kier alpha value is -0.570. The number of nitrogens with zero attached hydrogens (tertiary/aromatic N) is 1. The molecule has 0 amide bonds. The Bertz CT molecular complexity index is 167. The molecule has 0 bridgehead atoms. The van der Waals surface area contributed by atoms with Crippen LogP contribution in [0.2, 0.25) is 0 Å².